The highest BCUT2D eigenvalue weighted by molar-refractivity contribution is 5.99. The van der Waals surface area contributed by atoms with E-state index in [1.807, 2.05) is 5.32 Å². The number of benzene rings is 1. The molecule has 0 saturated carbocycles. The summed E-state index contributed by atoms with van der Waals surface area (Å²) in [5.41, 5.74) is 5.72. The zero-order valence-electron chi connectivity index (χ0n) is 9.91. The molecule has 1 aromatic carbocycles. The molecule has 0 radical (unpaired) electrons. The van der Waals surface area contributed by atoms with Gasteiger partial charge in [0.05, 0.1) is 6.10 Å². The smallest absolute Gasteiger partial charge is 0.260 e. The van der Waals surface area contributed by atoms with Crippen LogP contribution in [0.25, 0.3) is 0 Å². The van der Waals surface area contributed by atoms with Crippen LogP contribution in [0.4, 0.5) is 0 Å². The van der Waals surface area contributed by atoms with Gasteiger partial charge in [0.25, 0.3) is 5.91 Å². The molecule has 18 heavy (non-hydrogen) atoms. The molecule has 0 aliphatic rings. The van der Waals surface area contributed by atoms with Crippen molar-refractivity contribution in [3.05, 3.63) is 35.9 Å². The van der Waals surface area contributed by atoms with Gasteiger partial charge < -0.3 is 15.9 Å². The summed E-state index contributed by atoms with van der Waals surface area (Å²) in [5.74, 6) is -1.70. The Kier molecular flexibility index (Phi) is 4.96. The molecule has 98 valence electrons. The maximum absolute atomic E-state index is 11.6. The van der Waals surface area contributed by atoms with Gasteiger partial charge in [0.1, 0.15) is 6.04 Å². The fourth-order valence-electron chi connectivity index (χ4n) is 1.28. The summed E-state index contributed by atoms with van der Waals surface area (Å²) in [6.07, 6.45) is -2.52. The maximum Gasteiger partial charge on any atom is 0.260 e. The molecule has 0 bridgehead atoms. The first-order valence-electron chi connectivity index (χ1n) is 5.45. The normalized spacial score (nSPS) is 15.6. The van der Waals surface area contributed by atoms with Crippen molar-refractivity contribution in [2.75, 3.05) is 0 Å². The first-order valence-corrected chi connectivity index (χ1v) is 5.45. The minimum Gasteiger partial charge on any atom is -0.391 e. The summed E-state index contributed by atoms with van der Waals surface area (Å²) in [5, 5.41) is 20.7. The molecule has 6 heteroatoms. The van der Waals surface area contributed by atoms with Crippen molar-refractivity contribution in [3.8, 4) is 0 Å². The van der Waals surface area contributed by atoms with E-state index in [9.17, 15) is 14.7 Å². The molecular weight excluding hydrogens is 236 g/mol. The van der Waals surface area contributed by atoms with Crippen LogP contribution in [-0.4, -0.2) is 34.2 Å². The van der Waals surface area contributed by atoms with E-state index in [1.54, 1.807) is 30.3 Å². The van der Waals surface area contributed by atoms with Gasteiger partial charge >= 0.3 is 0 Å². The van der Waals surface area contributed by atoms with Crippen LogP contribution < -0.4 is 11.1 Å². The van der Waals surface area contributed by atoms with Crippen molar-refractivity contribution in [3.63, 3.8) is 0 Å². The van der Waals surface area contributed by atoms with Gasteiger partial charge in [0.15, 0.2) is 6.10 Å². The Bertz CT molecular complexity index is 419. The minimum atomic E-state index is -1.45. The second-order valence-corrected chi connectivity index (χ2v) is 3.93. The van der Waals surface area contributed by atoms with Crippen LogP contribution in [0, 0.1) is 0 Å². The molecule has 3 atom stereocenters. The fraction of sp³-hybridized carbons (Fsp3) is 0.333. The summed E-state index contributed by atoms with van der Waals surface area (Å²) in [7, 11) is 0. The lowest BCUT2D eigenvalue weighted by Gasteiger charge is -2.15. The molecular formula is C12H16N2O4. The van der Waals surface area contributed by atoms with E-state index in [0.29, 0.717) is 5.56 Å². The third-order valence-electron chi connectivity index (χ3n) is 2.43. The molecule has 0 heterocycles. The van der Waals surface area contributed by atoms with Crippen molar-refractivity contribution in [1.82, 2.24) is 5.32 Å². The number of carbonyl (C=O) groups is 2. The third-order valence-corrected chi connectivity index (χ3v) is 2.43. The van der Waals surface area contributed by atoms with Gasteiger partial charge in [-0.25, -0.2) is 0 Å². The molecule has 0 fully saturated rings. The van der Waals surface area contributed by atoms with Gasteiger partial charge in [-0.1, -0.05) is 30.3 Å². The maximum atomic E-state index is 11.6. The van der Waals surface area contributed by atoms with Gasteiger partial charge in [-0.2, -0.15) is 0 Å². The number of nitrogens with one attached hydrogen (secondary N) is 1. The van der Waals surface area contributed by atoms with Crippen molar-refractivity contribution in [2.24, 2.45) is 5.73 Å². The highest BCUT2D eigenvalue weighted by atomic mass is 16.3. The highest BCUT2D eigenvalue weighted by Gasteiger charge is 2.24. The van der Waals surface area contributed by atoms with Gasteiger partial charge in [0.2, 0.25) is 5.91 Å². The van der Waals surface area contributed by atoms with Crippen molar-refractivity contribution in [1.29, 1.82) is 0 Å². The summed E-state index contributed by atoms with van der Waals surface area (Å²) >= 11 is 0. The Morgan fingerprint density at radius 3 is 2.22 bits per heavy atom. The van der Waals surface area contributed by atoms with E-state index in [2.05, 4.69) is 0 Å². The van der Waals surface area contributed by atoms with E-state index in [4.69, 9.17) is 10.8 Å². The molecule has 2 amide bonds. The number of rotatable bonds is 4. The Labute approximate surface area is 104 Å². The molecule has 0 spiro atoms. The van der Waals surface area contributed by atoms with Gasteiger partial charge in [-0.05, 0) is 12.5 Å². The second-order valence-electron chi connectivity index (χ2n) is 3.93. The Balaban J connectivity index is 2.64. The van der Waals surface area contributed by atoms with E-state index in [-0.39, 0.29) is 0 Å². The quantitative estimate of drug-likeness (QED) is 0.553. The van der Waals surface area contributed by atoms with Crippen molar-refractivity contribution >= 4 is 11.8 Å². The lowest BCUT2D eigenvalue weighted by atomic mass is 10.1. The third kappa shape index (κ3) is 3.63. The monoisotopic (exact) mass is 252 g/mol. The van der Waals surface area contributed by atoms with Crippen LogP contribution in [0.3, 0.4) is 0 Å². The molecule has 0 aromatic heterocycles. The standard InChI is InChI=1S/C12H16N2O4/c1-7(15)9(13)11(17)14-12(18)10(16)8-5-3-2-4-6-8/h2-7,9-10,15-16H,13H2,1H3,(H,14,17,18)/t7-,9+,10?/m1/s1. The molecule has 0 aliphatic carbocycles. The molecule has 0 aliphatic heterocycles. The van der Waals surface area contributed by atoms with Crippen LogP contribution in [0.5, 0.6) is 0 Å². The average molecular weight is 252 g/mol. The number of aliphatic hydroxyl groups is 2. The fourth-order valence-corrected chi connectivity index (χ4v) is 1.28. The Morgan fingerprint density at radius 1 is 1.17 bits per heavy atom. The second kappa shape index (κ2) is 6.25. The van der Waals surface area contributed by atoms with Gasteiger partial charge in [0, 0.05) is 0 Å². The number of nitrogens with two attached hydrogens (primary N) is 1. The number of hydrogen-bond acceptors (Lipinski definition) is 5. The van der Waals surface area contributed by atoms with Crippen LogP contribution in [0.2, 0.25) is 0 Å². The van der Waals surface area contributed by atoms with Crippen LogP contribution in [-0.2, 0) is 9.59 Å². The number of imide groups is 1. The molecule has 1 rings (SSSR count). The van der Waals surface area contributed by atoms with Gasteiger partial charge in [-0.3, -0.25) is 14.9 Å². The van der Waals surface area contributed by atoms with Crippen LogP contribution >= 0.6 is 0 Å². The highest BCUT2D eigenvalue weighted by Crippen LogP contribution is 2.11. The van der Waals surface area contributed by atoms with Crippen molar-refractivity contribution < 1.29 is 19.8 Å². The largest absolute Gasteiger partial charge is 0.391 e. The van der Waals surface area contributed by atoms with Crippen LogP contribution in [0.15, 0.2) is 30.3 Å². The topological polar surface area (TPSA) is 113 Å². The van der Waals surface area contributed by atoms with E-state index >= 15 is 0 Å². The first-order chi connectivity index (χ1) is 8.43. The lowest BCUT2D eigenvalue weighted by Crippen LogP contribution is -2.50. The van der Waals surface area contributed by atoms with Crippen molar-refractivity contribution in [2.45, 2.75) is 25.2 Å². The van der Waals surface area contributed by atoms with Crippen LogP contribution in [0.1, 0.15) is 18.6 Å². The molecule has 5 N–H and O–H groups in total. The zero-order chi connectivity index (χ0) is 13.7. The number of carbonyl (C=O) groups excluding carboxylic acids is 2. The summed E-state index contributed by atoms with van der Waals surface area (Å²) in [6.45, 7) is 1.34. The lowest BCUT2D eigenvalue weighted by molar-refractivity contribution is -0.137. The Morgan fingerprint density at radius 2 is 1.72 bits per heavy atom. The summed E-state index contributed by atoms with van der Waals surface area (Å²) in [4.78, 5) is 23.0. The van der Waals surface area contributed by atoms with E-state index in [0.717, 1.165) is 0 Å². The molecule has 6 nitrogen and oxygen atoms in total. The molecule has 0 saturated heterocycles. The summed E-state index contributed by atoms with van der Waals surface area (Å²) < 4.78 is 0. The Hall–Kier alpha value is -1.76. The minimum absolute atomic E-state index is 0.369. The predicted octanol–water partition coefficient (Wildman–Crippen LogP) is -0.929. The average Bonchev–Trinajstić information content (AvgIpc) is 2.37. The molecule has 1 aromatic rings. The zero-order valence-corrected chi connectivity index (χ0v) is 9.91. The van der Waals surface area contributed by atoms with E-state index in [1.165, 1.54) is 6.92 Å². The number of aliphatic hydroxyl groups excluding tert-OH is 2. The number of amides is 2. The number of hydrogen-bond donors (Lipinski definition) is 4. The van der Waals surface area contributed by atoms with Gasteiger partial charge in [-0.15, -0.1) is 0 Å². The predicted molar refractivity (Wildman–Crippen MR) is 64.2 cm³/mol. The molecule has 1 unspecified atom stereocenters. The summed E-state index contributed by atoms with van der Waals surface area (Å²) in [6, 6.07) is 6.97. The first kappa shape index (κ1) is 14.3. The van der Waals surface area contributed by atoms with E-state index < -0.39 is 30.1 Å². The SMILES string of the molecule is C[C@@H](O)[C@H](N)C(=O)NC(=O)C(O)c1ccccc1.